The van der Waals surface area contributed by atoms with Gasteiger partial charge in [0.15, 0.2) is 0 Å². The molecule has 0 amide bonds. The monoisotopic (exact) mass is 186 g/mol. The third-order valence-electron chi connectivity index (χ3n) is 4.47. The molecule has 0 heterocycles. The summed E-state index contributed by atoms with van der Waals surface area (Å²) >= 11 is 0. The van der Waals surface area contributed by atoms with Crippen molar-refractivity contribution in [3.63, 3.8) is 0 Å². The highest BCUT2D eigenvalue weighted by Crippen LogP contribution is 2.59. The number of hydrogen-bond acceptors (Lipinski definition) is 2. The molecule has 0 N–H and O–H groups in total. The van der Waals surface area contributed by atoms with Gasteiger partial charge in [-0.25, -0.2) is 0 Å². The Hall–Kier alpha value is -1.18. The van der Waals surface area contributed by atoms with Gasteiger partial charge in [-0.1, -0.05) is 24.3 Å². The number of hydrogen-bond donors (Lipinski definition) is 0. The van der Waals surface area contributed by atoms with Crippen LogP contribution in [0.1, 0.15) is 0 Å². The quantitative estimate of drug-likeness (QED) is 0.529. The molecule has 14 heavy (non-hydrogen) atoms. The summed E-state index contributed by atoms with van der Waals surface area (Å²) in [7, 11) is 0. The molecule has 4 aliphatic rings. The van der Waals surface area contributed by atoms with E-state index in [9.17, 15) is 9.59 Å². The number of carbonyl (C=O) groups excluding carboxylic acids is 2. The summed E-state index contributed by atoms with van der Waals surface area (Å²) in [5, 5.41) is 0. The van der Waals surface area contributed by atoms with Crippen molar-refractivity contribution in [1.29, 1.82) is 0 Å². The lowest BCUT2D eigenvalue weighted by atomic mass is 9.88. The van der Waals surface area contributed by atoms with Gasteiger partial charge in [0.1, 0.15) is 11.6 Å². The SMILES string of the molecule is O=C1[C@H]2C=C[C@H]3C(=O)[C@@H]4C=C[C@H]1C4C23. The van der Waals surface area contributed by atoms with Crippen molar-refractivity contribution >= 4 is 11.6 Å². The first kappa shape index (κ1) is 7.16. The van der Waals surface area contributed by atoms with Crippen molar-refractivity contribution in [1.82, 2.24) is 0 Å². The first-order valence-corrected chi connectivity index (χ1v) is 5.23. The molecule has 0 saturated heterocycles. The predicted octanol–water partition coefficient (Wildman–Crippen LogP) is 0.989. The van der Waals surface area contributed by atoms with Crippen LogP contribution >= 0.6 is 0 Å². The molecule has 0 bridgehead atoms. The average molecular weight is 186 g/mol. The maximum absolute atomic E-state index is 11.9. The Morgan fingerprint density at radius 1 is 0.643 bits per heavy atom. The Balaban J connectivity index is 1.96. The molecule has 4 rings (SSSR count). The van der Waals surface area contributed by atoms with E-state index in [1.165, 1.54) is 0 Å². The molecular formula is C12H10O2. The van der Waals surface area contributed by atoms with Gasteiger partial charge in [0, 0.05) is 23.7 Å². The van der Waals surface area contributed by atoms with Crippen LogP contribution in [-0.2, 0) is 9.59 Å². The van der Waals surface area contributed by atoms with Crippen molar-refractivity contribution in [3.05, 3.63) is 24.3 Å². The summed E-state index contributed by atoms with van der Waals surface area (Å²) in [5.74, 6) is 1.60. The van der Waals surface area contributed by atoms with Crippen LogP contribution in [0.2, 0.25) is 0 Å². The highest BCUT2D eigenvalue weighted by molar-refractivity contribution is 6.00. The predicted molar refractivity (Wildman–Crippen MR) is 49.2 cm³/mol. The van der Waals surface area contributed by atoms with Gasteiger partial charge in [0.25, 0.3) is 0 Å². The molecule has 0 radical (unpaired) electrons. The third kappa shape index (κ3) is 0.519. The Labute approximate surface area is 81.7 Å². The van der Waals surface area contributed by atoms with E-state index in [-0.39, 0.29) is 23.7 Å². The number of ketones is 2. The van der Waals surface area contributed by atoms with Crippen LogP contribution in [-0.4, -0.2) is 11.6 Å². The van der Waals surface area contributed by atoms with Gasteiger partial charge in [-0.3, -0.25) is 9.59 Å². The molecule has 0 aliphatic heterocycles. The molecule has 0 aromatic carbocycles. The van der Waals surface area contributed by atoms with Crippen LogP contribution in [0, 0.1) is 35.5 Å². The summed E-state index contributed by atoms with van der Waals surface area (Å²) in [6.45, 7) is 0. The minimum Gasteiger partial charge on any atom is -0.298 e. The smallest absolute Gasteiger partial charge is 0.147 e. The molecule has 2 fully saturated rings. The van der Waals surface area contributed by atoms with E-state index in [2.05, 4.69) is 0 Å². The highest BCUT2D eigenvalue weighted by atomic mass is 16.1. The molecule has 4 aliphatic carbocycles. The first-order valence-electron chi connectivity index (χ1n) is 5.23. The molecule has 0 aromatic heterocycles. The molecule has 2 saturated carbocycles. The van der Waals surface area contributed by atoms with Gasteiger partial charge in [0.2, 0.25) is 0 Å². The summed E-state index contributed by atoms with van der Waals surface area (Å²) in [4.78, 5) is 23.9. The molecule has 2 heteroatoms. The van der Waals surface area contributed by atoms with Crippen LogP contribution in [0.5, 0.6) is 0 Å². The standard InChI is InChI=1S/C12H10O2/c13-11-5-1-2-6-9(5)10-7(11)3-4-8(10)12(6)14/h1-10H/t5-,6+,7-,8+,9?,10?. The summed E-state index contributed by atoms with van der Waals surface area (Å²) < 4.78 is 0. The number of Topliss-reactive ketones (excluding diaryl/α,β-unsaturated/α-hetero) is 2. The summed E-state index contributed by atoms with van der Waals surface area (Å²) in [5.41, 5.74) is 0. The number of allylic oxidation sites excluding steroid dienone is 4. The topological polar surface area (TPSA) is 34.1 Å². The molecule has 0 aromatic rings. The molecule has 70 valence electrons. The summed E-state index contributed by atoms with van der Waals surface area (Å²) in [6.07, 6.45) is 7.88. The zero-order chi connectivity index (χ0) is 9.45. The Morgan fingerprint density at radius 2 is 0.929 bits per heavy atom. The lowest BCUT2D eigenvalue weighted by molar-refractivity contribution is -0.124. The van der Waals surface area contributed by atoms with Gasteiger partial charge in [-0.15, -0.1) is 0 Å². The lowest BCUT2D eigenvalue weighted by Crippen LogP contribution is -2.17. The average Bonchev–Trinajstić information content (AvgIpc) is 2.83. The van der Waals surface area contributed by atoms with Crippen LogP contribution in [0.25, 0.3) is 0 Å². The Bertz CT molecular complexity index is 346. The Morgan fingerprint density at radius 3 is 1.21 bits per heavy atom. The van der Waals surface area contributed by atoms with E-state index in [0.29, 0.717) is 23.4 Å². The van der Waals surface area contributed by atoms with E-state index in [4.69, 9.17) is 0 Å². The number of carbonyl (C=O) groups is 2. The lowest BCUT2D eigenvalue weighted by Gasteiger charge is -2.12. The van der Waals surface area contributed by atoms with Crippen molar-refractivity contribution in [3.8, 4) is 0 Å². The van der Waals surface area contributed by atoms with Crippen molar-refractivity contribution < 1.29 is 9.59 Å². The van der Waals surface area contributed by atoms with Gasteiger partial charge in [-0.05, 0) is 11.8 Å². The van der Waals surface area contributed by atoms with Gasteiger partial charge in [0.05, 0.1) is 0 Å². The fourth-order valence-electron chi connectivity index (χ4n) is 3.98. The molecule has 0 spiro atoms. The second-order valence-corrected chi connectivity index (χ2v) is 4.83. The van der Waals surface area contributed by atoms with E-state index < -0.39 is 0 Å². The van der Waals surface area contributed by atoms with Crippen LogP contribution in [0.4, 0.5) is 0 Å². The van der Waals surface area contributed by atoms with Gasteiger partial charge in [-0.2, -0.15) is 0 Å². The zero-order valence-corrected chi connectivity index (χ0v) is 7.59. The second-order valence-electron chi connectivity index (χ2n) is 4.83. The molecule has 2 nitrogen and oxygen atoms in total. The van der Waals surface area contributed by atoms with E-state index in [1.807, 2.05) is 24.3 Å². The first-order chi connectivity index (χ1) is 6.79. The Kier molecular flexibility index (Phi) is 0.983. The molecular weight excluding hydrogens is 176 g/mol. The van der Waals surface area contributed by atoms with Crippen LogP contribution in [0.3, 0.4) is 0 Å². The zero-order valence-electron chi connectivity index (χ0n) is 7.59. The van der Waals surface area contributed by atoms with Crippen LogP contribution < -0.4 is 0 Å². The minimum atomic E-state index is 0.0638. The summed E-state index contributed by atoms with van der Waals surface area (Å²) in [6, 6.07) is 0. The second kappa shape index (κ2) is 1.92. The van der Waals surface area contributed by atoms with Gasteiger partial charge < -0.3 is 0 Å². The number of rotatable bonds is 0. The van der Waals surface area contributed by atoms with E-state index in [1.54, 1.807) is 0 Å². The van der Waals surface area contributed by atoms with Crippen LogP contribution in [0.15, 0.2) is 24.3 Å². The van der Waals surface area contributed by atoms with Gasteiger partial charge >= 0.3 is 0 Å². The fraction of sp³-hybridized carbons (Fsp3) is 0.500. The van der Waals surface area contributed by atoms with E-state index in [0.717, 1.165) is 0 Å². The maximum Gasteiger partial charge on any atom is 0.147 e. The third-order valence-corrected chi connectivity index (χ3v) is 4.47. The van der Waals surface area contributed by atoms with Crippen molar-refractivity contribution in [2.24, 2.45) is 35.5 Å². The van der Waals surface area contributed by atoms with Crippen molar-refractivity contribution in [2.75, 3.05) is 0 Å². The van der Waals surface area contributed by atoms with Crippen molar-refractivity contribution in [2.45, 2.75) is 0 Å². The van der Waals surface area contributed by atoms with E-state index >= 15 is 0 Å². The normalized spacial score (nSPS) is 56.3. The molecule has 2 unspecified atom stereocenters. The maximum atomic E-state index is 11.9. The fourth-order valence-corrected chi connectivity index (χ4v) is 3.98. The largest absolute Gasteiger partial charge is 0.298 e. The highest BCUT2D eigenvalue weighted by Gasteiger charge is 2.64. The minimum absolute atomic E-state index is 0.0638. The molecule has 6 atom stereocenters.